The maximum Gasteiger partial charge on any atom is 0.335 e. The summed E-state index contributed by atoms with van der Waals surface area (Å²) < 4.78 is 4.97. The molecule has 0 aromatic heterocycles. The summed E-state index contributed by atoms with van der Waals surface area (Å²) in [5, 5.41) is 0. The van der Waals surface area contributed by atoms with E-state index in [2.05, 4.69) is 6.58 Å². The van der Waals surface area contributed by atoms with Crippen molar-refractivity contribution in [3.05, 3.63) is 78.4 Å². The minimum absolute atomic E-state index is 0.0569. The first-order chi connectivity index (χ1) is 9.69. The van der Waals surface area contributed by atoms with E-state index in [0.29, 0.717) is 17.7 Å². The first-order valence-corrected chi connectivity index (χ1v) is 6.20. The Morgan fingerprint density at radius 1 is 1.00 bits per heavy atom. The first kappa shape index (κ1) is 13.7. The molecule has 100 valence electrons. The minimum Gasteiger partial charge on any atom is -0.423 e. The molecule has 0 saturated carbocycles. The molecule has 0 aliphatic heterocycles. The summed E-state index contributed by atoms with van der Waals surface area (Å²) in [5.41, 5.74) is 1.56. The van der Waals surface area contributed by atoms with Gasteiger partial charge in [0, 0.05) is 18.1 Å². The van der Waals surface area contributed by atoms with Crippen molar-refractivity contribution in [2.75, 3.05) is 0 Å². The van der Waals surface area contributed by atoms with Crippen molar-refractivity contribution >= 4 is 11.8 Å². The number of ether oxygens (including phenoxy) is 1. The van der Waals surface area contributed by atoms with Crippen LogP contribution in [0.2, 0.25) is 0 Å². The average molecular weight is 266 g/mol. The highest BCUT2D eigenvalue weighted by atomic mass is 16.5. The van der Waals surface area contributed by atoms with Gasteiger partial charge in [0.25, 0.3) is 0 Å². The number of hydrogen-bond acceptors (Lipinski definition) is 3. The molecule has 2 rings (SSSR count). The molecule has 0 heterocycles. The number of Topliss-reactive ketones (excluding diaryl/α,β-unsaturated/α-hetero) is 1. The van der Waals surface area contributed by atoms with Crippen LogP contribution in [0.3, 0.4) is 0 Å². The molecular weight excluding hydrogens is 252 g/mol. The van der Waals surface area contributed by atoms with E-state index >= 15 is 0 Å². The predicted molar refractivity (Wildman–Crippen MR) is 76.8 cm³/mol. The van der Waals surface area contributed by atoms with Gasteiger partial charge in [0.2, 0.25) is 0 Å². The van der Waals surface area contributed by atoms with Gasteiger partial charge in [-0.3, -0.25) is 4.79 Å². The molecule has 0 spiro atoms. The third-order valence-corrected chi connectivity index (χ3v) is 2.77. The van der Waals surface area contributed by atoms with Crippen molar-refractivity contribution in [2.45, 2.75) is 6.42 Å². The predicted octanol–water partition coefficient (Wildman–Crippen LogP) is 3.20. The van der Waals surface area contributed by atoms with Gasteiger partial charge < -0.3 is 4.74 Å². The molecule has 0 aliphatic carbocycles. The molecule has 0 atom stereocenters. The Bertz CT molecular complexity index is 612. The van der Waals surface area contributed by atoms with Crippen LogP contribution in [0.5, 0.6) is 5.75 Å². The number of hydrogen-bond donors (Lipinski definition) is 0. The summed E-state index contributed by atoms with van der Waals surface area (Å²) >= 11 is 0. The summed E-state index contributed by atoms with van der Waals surface area (Å²) in [6, 6.07) is 16.0. The van der Waals surface area contributed by atoms with E-state index < -0.39 is 5.97 Å². The molecule has 0 unspecified atom stereocenters. The third-order valence-electron chi connectivity index (χ3n) is 2.77. The Morgan fingerprint density at radius 3 is 2.25 bits per heavy atom. The molecule has 0 radical (unpaired) electrons. The maximum absolute atomic E-state index is 12.0. The highest BCUT2D eigenvalue weighted by molar-refractivity contribution is 5.97. The maximum atomic E-state index is 12.0. The Hall–Kier alpha value is -2.68. The van der Waals surface area contributed by atoms with Gasteiger partial charge in [0.15, 0.2) is 5.78 Å². The third kappa shape index (κ3) is 3.65. The number of rotatable bonds is 5. The summed E-state index contributed by atoms with van der Waals surface area (Å²) in [5.74, 6) is -0.00893. The van der Waals surface area contributed by atoms with Gasteiger partial charge in [-0.05, 0) is 17.7 Å². The standard InChI is InChI=1S/C17H14O3/c1-2-17(19)20-15-10-8-13(9-11-15)12-16(18)14-6-4-3-5-7-14/h2-11H,1,12H2. The van der Waals surface area contributed by atoms with Crippen molar-refractivity contribution in [3.63, 3.8) is 0 Å². The molecule has 0 N–H and O–H groups in total. The van der Waals surface area contributed by atoms with Crippen LogP contribution in [-0.4, -0.2) is 11.8 Å². The van der Waals surface area contributed by atoms with Gasteiger partial charge in [-0.1, -0.05) is 49.0 Å². The van der Waals surface area contributed by atoms with Crippen LogP contribution < -0.4 is 4.74 Å². The van der Waals surface area contributed by atoms with E-state index in [0.717, 1.165) is 11.6 Å². The van der Waals surface area contributed by atoms with Gasteiger partial charge in [0.05, 0.1) is 0 Å². The van der Waals surface area contributed by atoms with E-state index in [-0.39, 0.29) is 5.78 Å². The molecule has 0 bridgehead atoms. The Labute approximate surface area is 117 Å². The van der Waals surface area contributed by atoms with Crippen LogP contribution in [0.25, 0.3) is 0 Å². The van der Waals surface area contributed by atoms with Gasteiger partial charge in [0.1, 0.15) is 5.75 Å². The van der Waals surface area contributed by atoms with Crippen molar-refractivity contribution in [3.8, 4) is 5.75 Å². The average Bonchev–Trinajstić information content (AvgIpc) is 2.50. The van der Waals surface area contributed by atoms with Crippen LogP contribution in [0.1, 0.15) is 15.9 Å². The Balaban J connectivity index is 2.02. The van der Waals surface area contributed by atoms with E-state index in [1.165, 1.54) is 0 Å². The first-order valence-electron chi connectivity index (χ1n) is 6.20. The van der Waals surface area contributed by atoms with Crippen LogP contribution in [0, 0.1) is 0 Å². The lowest BCUT2D eigenvalue weighted by molar-refractivity contribution is -0.128. The van der Waals surface area contributed by atoms with Gasteiger partial charge >= 0.3 is 5.97 Å². The van der Waals surface area contributed by atoms with Gasteiger partial charge in [-0.15, -0.1) is 0 Å². The zero-order valence-corrected chi connectivity index (χ0v) is 10.9. The summed E-state index contributed by atoms with van der Waals surface area (Å²) in [4.78, 5) is 23.1. The Morgan fingerprint density at radius 2 is 1.65 bits per heavy atom. The molecule has 0 amide bonds. The van der Waals surface area contributed by atoms with E-state index in [1.807, 2.05) is 18.2 Å². The molecule has 20 heavy (non-hydrogen) atoms. The number of carbonyl (C=O) groups excluding carboxylic acids is 2. The molecule has 0 fully saturated rings. The summed E-state index contributed by atoms with van der Waals surface area (Å²) in [6.07, 6.45) is 1.42. The van der Waals surface area contributed by atoms with E-state index in [4.69, 9.17) is 4.74 Å². The minimum atomic E-state index is -0.502. The molecule has 3 nitrogen and oxygen atoms in total. The van der Waals surface area contributed by atoms with Crippen LogP contribution in [0.15, 0.2) is 67.3 Å². The van der Waals surface area contributed by atoms with E-state index in [9.17, 15) is 9.59 Å². The van der Waals surface area contributed by atoms with Gasteiger partial charge in [-0.25, -0.2) is 4.79 Å². The SMILES string of the molecule is C=CC(=O)Oc1ccc(CC(=O)c2ccccc2)cc1. The lowest BCUT2D eigenvalue weighted by Gasteiger charge is -2.04. The second-order valence-electron chi connectivity index (χ2n) is 4.24. The van der Waals surface area contributed by atoms with Crippen molar-refractivity contribution in [1.82, 2.24) is 0 Å². The van der Waals surface area contributed by atoms with E-state index in [1.54, 1.807) is 36.4 Å². The zero-order valence-electron chi connectivity index (χ0n) is 10.9. The molecule has 2 aromatic carbocycles. The fourth-order valence-corrected chi connectivity index (χ4v) is 1.74. The lowest BCUT2D eigenvalue weighted by atomic mass is 10.0. The van der Waals surface area contributed by atoms with Crippen molar-refractivity contribution in [2.24, 2.45) is 0 Å². The van der Waals surface area contributed by atoms with Crippen molar-refractivity contribution in [1.29, 1.82) is 0 Å². The molecule has 0 saturated heterocycles. The number of benzene rings is 2. The number of ketones is 1. The summed E-state index contributed by atoms with van der Waals surface area (Å²) in [7, 11) is 0. The fourth-order valence-electron chi connectivity index (χ4n) is 1.74. The molecule has 0 aliphatic rings. The normalized spacial score (nSPS) is 9.80. The molecule has 2 aromatic rings. The second kappa shape index (κ2) is 6.48. The number of carbonyl (C=O) groups is 2. The highest BCUT2D eigenvalue weighted by Crippen LogP contribution is 2.14. The zero-order chi connectivity index (χ0) is 14.4. The highest BCUT2D eigenvalue weighted by Gasteiger charge is 2.07. The van der Waals surface area contributed by atoms with Crippen LogP contribution >= 0.6 is 0 Å². The summed E-state index contributed by atoms with van der Waals surface area (Å²) in [6.45, 7) is 3.33. The van der Waals surface area contributed by atoms with Crippen LogP contribution in [0.4, 0.5) is 0 Å². The molecule has 3 heteroatoms. The monoisotopic (exact) mass is 266 g/mol. The lowest BCUT2D eigenvalue weighted by Crippen LogP contribution is -2.04. The largest absolute Gasteiger partial charge is 0.423 e. The van der Waals surface area contributed by atoms with Crippen molar-refractivity contribution < 1.29 is 14.3 Å². The topological polar surface area (TPSA) is 43.4 Å². The quantitative estimate of drug-likeness (QED) is 0.361. The number of esters is 1. The van der Waals surface area contributed by atoms with Gasteiger partial charge in [-0.2, -0.15) is 0 Å². The Kier molecular flexibility index (Phi) is 4.45. The molecular formula is C17H14O3. The smallest absolute Gasteiger partial charge is 0.335 e. The second-order valence-corrected chi connectivity index (χ2v) is 4.24. The fraction of sp³-hybridized carbons (Fsp3) is 0.0588. The van der Waals surface area contributed by atoms with Crippen LogP contribution in [-0.2, 0) is 11.2 Å².